The Hall–Kier alpha value is -1.18. The van der Waals surface area contributed by atoms with Crippen LogP contribution in [0.25, 0.3) is 0 Å². The molecular formula is C11H15FN2O3S. The molecule has 0 aromatic heterocycles. The summed E-state index contributed by atoms with van der Waals surface area (Å²) in [4.78, 5) is -0.207. The van der Waals surface area contributed by atoms with Crippen LogP contribution in [-0.2, 0) is 10.0 Å². The van der Waals surface area contributed by atoms with E-state index in [1.54, 1.807) is 0 Å². The molecule has 1 aliphatic rings. The van der Waals surface area contributed by atoms with E-state index in [1.807, 2.05) is 0 Å². The van der Waals surface area contributed by atoms with E-state index in [9.17, 15) is 12.8 Å². The van der Waals surface area contributed by atoms with E-state index in [-0.39, 0.29) is 29.7 Å². The average Bonchev–Trinajstić information content (AvgIpc) is 2.81. The third kappa shape index (κ3) is 2.21. The van der Waals surface area contributed by atoms with E-state index < -0.39 is 15.8 Å². The molecule has 0 saturated carbocycles. The van der Waals surface area contributed by atoms with Crippen LogP contribution < -0.4 is 5.73 Å². The fourth-order valence-electron chi connectivity index (χ4n) is 2.05. The second kappa shape index (κ2) is 4.83. The number of nitrogens with two attached hydrogens (primary N) is 1. The molecule has 0 amide bonds. The molecule has 1 heterocycles. The third-order valence-corrected chi connectivity index (χ3v) is 5.06. The third-order valence-electron chi connectivity index (χ3n) is 3.14. The van der Waals surface area contributed by atoms with Crippen LogP contribution in [0, 0.1) is 11.7 Å². The average molecular weight is 274 g/mol. The minimum Gasteiger partial charge on any atom is -0.396 e. The smallest absolute Gasteiger partial charge is 0.245 e. The number of rotatable bonds is 3. The second-order valence-electron chi connectivity index (χ2n) is 4.35. The van der Waals surface area contributed by atoms with Crippen LogP contribution >= 0.6 is 0 Å². The zero-order valence-electron chi connectivity index (χ0n) is 9.71. The molecule has 1 saturated heterocycles. The lowest BCUT2D eigenvalue weighted by molar-refractivity contribution is 0.233. The summed E-state index contributed by atoms with van der Waals surface area (Å²) >= 11 is 0. The van der Waals surface area contributed by atoms with Crippen molar-refractivity contribution in [2.75, 3.05) is 25.4 Å². The van der Waals surface area contributed by atoms with Gasteiger partial charge in [-0.3, -0.25) is 0 Å². The molecule has 100 valence electrons. The summed E-state index contributed by atoms with van der Waals surface area (Å²) in [5, 5.41) is 9.01. The molecule has 1 aliphatic heterocycles. The van der Waals surface area contributed by atoms with Crippen LogP contribution in [0.1, 0.15) is 6.42 Å². The predicted molar refractivity (Wildman–Crippen MR) is 64.8 cm³/mol. The Morgan fingerprint density at radius 2 is 2.22 bits per heavy atom. The molecule has 0 radical (unpaired) electrons. The molecule has 1 aromatic rings. The number of hydrogen-bond acceptors (Lipinski definition) is 4. The number of hydrogen-bond donors (Lipinski definition) is 2. The van der Waals surface area contributed by atoms with Gasteiger partial charge in [0.15, 0.2) is 0 Å². The Balaban J connectivity index is 2.35. The normalized spacial score (nSPS) is 21.3. The van der Waals surface area contributed by atoms with Crippen LogP contribution in [-0.4, -0.2) is 37.5 Å². The fourth-order valence-corrected chi connectivity index (χ4v) is 3.70. The molecule has 1 fully saturated rings. The summed E-state index contributed by atoms with van der Waals surface area (Å²) in [6.07, 6.45) is 0.602. The Morgan fingerprint density at radius 1 is 1.50 bits per heavy atom. The van der Waals surface area contributed by atoms with Crippen molar-refractivity contribution in [1.82, 2.24) is 4.31 Å². The van der Waals surface area contributed by atoms with Gasteiger partial charge in [0.05, 0.1) is 5.69 Å². The molecule has 3 N–H and O–H groups in total. The summed E-state index contributed by atoms with van der Waals surface area (Å²) in [6.45, 7) is 0.517. The molecule has 1 atom stereocenters. The molecule has 1 unspecified atom stereocenters. The van der Waals surface area contributed by atoms with Crippen LogP contribution in [0.3, 0.4) is 0 Å². The molecule has 0 spiro atoms. The van der Waals surface area contributed by atoms with Gasteiger partial charge in [-0.15, -0.1) is 0 Å². The first-order chi connectivity index (χ1) is 8.46. The van der Waals surface area contributed by atoms with Gasteiger partial charge in [-0.1, -0.05) is 6.07 Å². The topological polar surface area (TPSA) is 83.6 Å². The maximum absolute atomic E-state index is 13.3. The van der Waals surface area contributed by atoms with Gasteiger partial charge >= 0.3 is 0 Å². The zero-order valence-corrected chi connectivity index (χ0v) is 10.5. The SMILES string of the molecule is Nc1c(F)cccc1S(=O)(=O)N1CCC(CO)C1. The Labute approximate surface area is 105 Å². The minimum atomic E-state index is -3.78. The van der Waals surface area contributed by atoms with Crippen LogP contribution in [0.4, 0.5) is 10.1 Å². The molecular weight excluding hydrogens is 259 g/mol. The van der Waals surface area contributed by atoms with Gasteiger partial charge in [0.25, 0.3) is 0 Å². The Morgan fingerprint density at radius 3 is 2.83 bits per heavy atom. The number of para-hydroxylation sites is 1. The monoisotopic (exact) mass is 274 g/mol. The summed E-state index contributed by atoms with van der Waals surface area (Å²) in [6, 6.07) is 3.73. The van der Waals surface area contributed by atoms with Gasteiger partial charge in [0, 0.05) is 19.7 Å². The standard InChI is InChI=1S/C11H15FN2O3S/c12-9-2-1-3-10(11(9)13)18(16,17)14-5-4-8(6-14)7-15/h1-3,8,15H,4-7,13H2. The van der Waals surface area contributed by atoms with Crippen molar-refractivity contribution >= 4 is 15.7 Å². The molecule has 0 bridgehead atoms. The minimum absolute atomic E-state index is 0.0509. The fraction of sp³-hybridized carbons (Fsp3) is 0.455. The Kier molecular flexibility index (Phi) is 3.56. The van der Waals surface area contributed by atoms with Crippen molar-refractivity contribution in [2.45, 2.75) is 11.3 Å². The van der Waals surface area contributed by atoms with E-state index in [2.05, 4.69) is 0 Å². The first-order valence-corrected chi connectivity index (χ1v) is 7.06. The van der Waals surface area contributed by atoms with Crippen LogP contribution in [0.2, 0.25) is 0 Å². The van der Waals surface area contributed by atoms with Crippen molar-refractivity contribution in [3.05, 3.63) is 24.0 Å². The number of benzene rings is 1. The largest absolute Gasteiger partial charge is 0.396 e. The number of aliphatic hydroxyl groups is 1. The number of halogens is 1. The van der Waals surface area contributed by atoms with E-state index >= 15 is 0 Å². The highest BCUT2D eigenvalue weighted by Gasteiger charge is 2.33. The van der Waals surface area contributed by atoms with E-state index in [0.717, 1.165) is 6.07 Å². The summed E-state index contributed by atoms with van der Waals surface area (Å²) in [5.41, 5.74) is 5.12. The summed E-state index contributed by atoms with van der Waals surface area (Å²) < 4.78 is 39.1. The first-order valence-electron chi connectivity index (χ1n) is 5.62. The van der Waals surface area contributed by atoms with E-state index in [1.165, 1.54) is 16.4 Å². The number of sulfonamides is 1. The van der Waals surface area contributed by atoms with Crippen molar-refractivity contribution < 1.29 is 17.9 Å². The maximum atomic E-state index is 13.3. The highest BCUT2D eigenvalue weighted by molar-refractivity contribution is 7.89. The van der Waals surface area contributed by atoms with Gasteiger partial charge < -0.3 is 10.8 Å². The number of nitrogen functional groups attached to an aromatic ring is 1. The van der Waals surface area contributed by atoms with E-state index in [0.29, 0.717) is 13.0 Å². The number of anilines is 1. The van der Waals surface area contributed by atoms with Crippen molar-refractivity contribution in [3.63, 3.8) is 0 Å². The molecule has 1 aromatic carbocycles. The lowest BCUT2D eigenvalue weighted by Gasteiger charge is -2.17. The molecule has 7 heteroatoms. The first kappa shape index (κ1) is 13.3. The molecule has 2 rings (SSSR count). The van der Waals surface area contributed by atoms with Gasteiger partial charge in [-0.2, -0.15) is 4.31 Å². The van der Waals surface area contributed by atoms with Crippen LogP contribution in [0.5, 0.6) is 0 Å². The Bertz CT molecular complexity index is 547. The van der Waals surface area contributed by atoms with Gasteiger partial charge in [-0.25, -0.2) is 12.8 Å². The van der Waals surface area contributed by atoms with Gasteiger partial charge in [0.1, 0.15) is 10.7 Å². The lowest BCUT2D eigenvalue weighted by atomic mass is 10.1. The lowest BCUT2D eigenvalue weighted by Crippen LogP contribution is -2.30. The van der Waals surface area contributed by atoms with Crippen molar-refractivity contribution in [2.24, 2.45) is 5.92 Å². The molecule has 18 heavy (non-hydrogen) atoms. The molecule has 0 aliphatic carbocycles. The summed E-state index contributed by atoms with van der Waals surface area (Å²) in [5.74, 6) is -0.802. The van der Waals surface area contributed by atoms with Gasteiger partial charge in [-0.05, 0) is 24.5 Å². The van der Waals surface area contributed by atoms with Gasteiger partial charge in [0.2, 0.25) is 10.0 Å². The summed E-state index contributed by atoms with van der Waals surface area (Å²) in [7, 11) is -3.78. The maximum Gasteiger partial charge on any atom is 0.245 e. The second-order valence-corrected chi connectivity index (χ2v) is 6.26. The highest BCUT2D eigenvalue weighted by atomic mass is 32.2. The van der Waals surface area contributed by atoms with Crippen molar-refractivity contribution in [1.29, 1.82) is 0 Å². The number of aliphatic hydroxyl groups excluding tert-OH is 1. The van der Waals surface area contributed by atoms with Crippen LogP contribution in [0.15, 0.2) is 23.1 Å². The molecule has 5 nitrogen and oxygen atoms in total. The highest BCUT2D eigenvalue weighted by Crippen LogP contribution is 2.28. The quantitative estimate of drug-likeness (QED) is 0.782. The number of nitrogens with zero attached hydrogens (tertiary/aromatic N) is 1. The van der Waals surface area contributed by atoms with E-state index in [4.69, 9.17) is 10.8 Å². The predicted octanol–water partition coefficient (Wildman–Crippen LogP) is 0.411. The van der Waals surface area contributed by atoms with Crippen molar-refractivity contribution in [3.8, 4) is 0 Å². The zero-order chi connectivity index (χ0) is 13.3.